The number of para-hydroxylation sites is 1. The molecule has 1 heterocycles. The fourth-order valence-electron chi connectivity index (χ4n) is 2.01. The first-order chi connectivity index (χ1) is 6.81. The topological polar surface area (TPSA) is 12.0 Å². The summed E-state index contributed by atoms with van der Waals surface area (Å²) in [6.07, 6.45) is 3.53. The fraction of sp³-hybridized carbons (Fsp3) is 0.385. The standard InChI is InChI=1S/C13H17N/c1-3-11-8-10(2)12-6-4-5-7-13(12)14-9-11/h4-8,10,14H,3,9H2,1-2H3. The molecule has 0 aromatic heterocycles. The minimum atomic E-state index is 0.538. The monoisotopic (exact) mass is 187 g/mol. The van der Waals surface area contributed by atoms with Gasteiger partial charge in [0.15, 0.2) is 0 Å². The molecule has 14 heavy (non-hydrogen) atoms. The highest BCUT2D eigenvalue weighted by atomic mass is 14.9. The van der Waals surface area contributed by atoms with Gasteiger partial charge in [0, 0.05) is 18.2 Å². The van der Waals surface area contributed by atoms with Crippen molar-refractivity contribution in [2.75, 3.05) is 11.9 Å². The quantitative estimate of drug-likeness (QED) is 0.663. The van der Waals surface area contributed by atoms with E-state index in [0.717, 1.165) is 13.0 Å². The molecule has 0 aliphatic carbocycles. The highest BCUT2D eigenvalue weighted by Gasteiger charge is 2.12. The summed E-state index contributed by atoms with van der Waals surface area (Å²) in [5.41, 5.74) is 4.21. The summed E-state index contributed by atoms with van der Waals surface area (Å²) >= 11 is 0. The minimum Gasteiger partial charge on any atom is -0.381 e. The molecule has 0 radical (unpaired) electrons. The zero-order chi connectivity index (χ0) is 9.97. The van der Waals surface area contributed by atoms with E-state index in [0.29, 0.717) is 5.92 Å². The number of hydrogen-bond acceptors (Lipinski definition) is 1. The molecule has 0 saturated carbocycles. The first kappa shape index (κ1) is 9.32. The van der Waals surface area contributed by atoms with Gasteiger partial charge in [0.25, 0.3) is 0 Å². The van der Waals surface area contributed by atoms with Gasteiger partial charge in [0.05, 0.1) is 0 Å². The van der Waals surface area contributed by atoms with Gasteiger partial charge in [0.2, 0.25) is 0 Å². The average molecular weight is 187 g/mol. The molecule has 0 bridgehead atoms. The number of hydrogen-bond donors (Lipinski definition) is 1. The van der Waals surface area contributed by atoms with Crippen LogP contribution in [0.5, 0.6) is 0 Å². The third-order valence-corrected chi connectivity index (χ3v) is 2.90. The summed E-state index contributed by atoms with van der Waals surface area (Å²) in [6, 6.07) is 8.58. The second-order valence-corrected chi connectivity index (χ2v) is 3.91. The van der Waals surface area contributed by atoms with Crippen LogP contribution in [-0.2, 0) is 0 Å². The van der Waals surface area contributed by atoms with Gasteiger partial charge in [0.1, 0.15) is 0 Å². The van der Waals surface area contributed by atoms with Crippen LogP contribution in [0.1, 0.15) is 31.7 Å². The van der Waals surface area contributed by atoms with E-state index in [1.54, 1.807) is 0 Å². The molecule has 0 amide bonds. The summed E-state index contributed by atoms with van der Waals surface area (Å²) in [7, 11) is 0. The lowest BCUT2D eigenvalue weighted by atomic mass is 9.98. The molecule has 1 unspecified atom stereocenters. The van der Waals surface area contributed by atoms with E-state index in [1.165, 1.54) is 16.8 Å². The van der Waals surface area contributed by atoms with Gasteiger partial charge >= 0.3 is 0 Å². The largest absolute Gasteiger partial charge is 0.381 e. The first-order valence-electron chi connectivity index (χ1n) is 5.33. The second-order valence-electron chi connectivity index (χ2n) is 3.91. The molecule has 74 valence electrons. The molecule has 1 aromatic rings. The van der Waals surface area contributed by atoms with Gasteiger partial charge in [-0.05, 0) is 18.1 Å². The normalized spacial score (nSPS) is 20.4. The van der Waals surface area contributed by atoms with Crippen molar-refractivity contribution in [1.29, 1.82) is 0 Å². The Balaban J connectivity index is 2.37. The van der Waals surface area contributed by atoms with Crippen LogP contribution in [0, 0.1) is 0 Å². The van der Waals surface area contributed by atoms with Crippen LogP contribution < -0.4 is 5.32 Å². The maximum absolute atomic E-state index is 3.49. The van der Waals surface area contributed by atoms with E-state index >= 15 is 0 Å². The van der Waals surface area contributed by atoms with Crippen molar-refractivity contribution in [2.24, 2.45) is 0 Å². The molecule has 1 aliphatic rings. The Morgan fingerprint density at radius 3 is 2.93 bits per heavy atom. The van der Waals surface area contributed by atoms with Crippen LogP contribution in [0.4, 0.5) is 5.69 Å². The number of benzene rings is 1. The predicted octanol–water partition coefficient (Wildman–Crippen LogP) is 3.55. The third kappa shape index (κ3) is 1.67. The summed E-state index contributed by atoms with van der Waals surface area (Å²) in [5, 5.41) is 3.49. The van der Waals surface area contributed by atoms with Crippen LogP contribution in [0.25, 0.3) is 0 Å². The maximum atomic E-state index is 3.49. The Kier molecular flexibility index (Phi) is 2.58. The first-order valence-corrected chi connectivity index (χ1v) is 5.33. The van der Waals surface area contributed by atoms with Gasteiger partial charge < -0.3 is 5.32 Å². The van der Waals surface area contributed by atoms with Gasteiger partial charge in [-0.3, -0.25) is 0 Å². The molecule has 1 atom stereocenters. The minimum absolute atomic E-state index is 0.538. The molecular formula is C13H17N. The van der Waals surface area contributed by atoms with Gasteiger partial charge in [-0.25, -0.2) is 0 Å². The summed E-state index contributed by atoms with van der Waals surface area (Å²) in [6.45, 7) is 5.48. The number of fused-ring (bicyclic) bond motifs is 1. The van der Waals surface area contributed by atoms with Crippen LogP contribution in [0.15, 0.2) is 35.9 Å². The molecule has 0 fully saturated rings. The Morgan fingerprint density at radius 2 is 2.14 bits per heavy atom. The molecule has 1 N–H and O–H groups in total. The lowest BCUT2D eigenvalue weighted by Crippen LogP contribution is -2.02. The van der Waals surface area contributed by atoms with Crippen molar-refractivity contribution in [3.63, 3.8) is 0 Å². The lowest BCUT2D eigenvalue weighted by Gasteiger charge is -2.10. The van der Waals surface area contributed by atoms with Gasteiger partial charge in [-0.1, -0.05) is 43.7 Å². The van der Waals surface area contributed by atoms with E-state index < -0.39 is 0 Å². The summed E-state index contributed by atoms with van der Waals surface area (Å²) in [4.78, 5) is 0. The lowest BCUT2D eigenvalue weighted by molar-refractivity contribution is 0.944. The molecule has 1 aliphatic heterocycles. The molecule has 2 rings (SSSR count). The number of anilines is 1. The van der Waals surface area contributed by atoms with Gasteiger partial charge in [-0.2, -0.15) is 0 Å². The molecule has 1 aromatic carbocycles. The smallest absolute Gasteiger partial charge is 0.0381 e. The SMILES string of the molecule is CCC1=CC(C)c2ccccc2NC1. The van der Waals surface area contributed by atoms with Crippen molar-refractivity contribution in [2.45, 2.75) is 26.2 Å². The van der Waals surface area contributed by atoms with Crippen molar-refractivity contribution in [3.8, 4) is 0 Å². The highest BCUT2D eigenvalue weighted by molar-refractivity contribution is 5.56. The van der Waals surface area contributed by atoms with Crippen molar-refractivity contribution in [1.82, 2.24) is 0 Å². The zero-order valence-corrected chi connectivity index (χ0v) is 8.88. The molecular weight excluding hydrogens is 170 g/mol. The summed E-state index contributed by atoms with van der Waals surface area (Å²) < 4.78 is 0. The van der Waals surface area contributed by atoms with Crippen LogP contribution in [0.3, 0.4) is 0 Å². The highest BCUT2D eigenvalue weighted by Crippen LogP contribution is 2.29. The Labute approximate surface area is 85.8 Å². The molecule has 1 heteroatoms. The van der Waals surface area contributed by atoms with E-state index in [-0.39, 0.29) is 0 Å². The van der Waals surface area contributed by atoms with Crippen molar-refractivity contribution >= 4 is 5.69 Å². The van der Waals surface area contributed by atoms with E-state index in [1.807, 2.05) is 0 Å². The van der Waals surface area contributed by atoms with E-state index in [4.69, 9.17) is 0 Å². The zero-order valence-electron chi connectivity index (χ0n) is 8.88. The maximum Gasteiger partial charge on any atom is 0.0381 e. The molecule has 0 spiro atoms. The Hall–Kier alpha value is -1.24. The number of nitrogens with one attached hydrogen (secondary N) is 1. The fourth-order valence-corrected chi connectivity index (χ4v) is 2.01. The van der Waals surface area contributed by atoms with Crippen LogP contribution in [-0.4, -0.2) is 6.54 Å². The van der Waals surface area contributed by atoms with Crippen LogP contribution >= 0.6 is 0 Å². The summed E-state index contributed by atoms with van der Waals surface area (Å²) in [5.74, 6) is 0.538. The van der Waals surface area contributed by atoms with E-state index in [2.05, 4.69) is 49.5 Å². The third-order valence-electron chi connectivity index (χ3n) is 2.90. The van der Waals surface area contributed by atoms with Crippen molar-refractivity contribution in [3.05, 3.63) is 41.5 Å². The van der Waals surface area contributed by atoms with Crippen molar-refractivity contribution < 1.29 is 0 Å². The molecule has 1 nitrogen and oxygen atoms in total. The Bertz CT molecular complexity index is 352. The number of allylic oxidation sites excluding steroid dienone is 1. The Morgan fingerprint density at radius 1 is 1.36 bits per heavy atom. The van der Waals surface area contributed by atoms with Crippen LogP contribution in [0.2, 0.25) is 0 Å². The average Bonchev–Trinajstić information content (AvgIpc) is 2.39. The van der Waals surface area contributed by atoms with E-state index in [9.17, 15) is 0 Å². The number of rotatable bonds is 1. The second kappa shape index (κ2) is 3.87. The molecule has 0 saturated heterocycles. The van der Waals surface area contributed by atoms with Gasteiger partial charge in [-0.15, -0.1) is 0 Å². The predicted molar refractivity (Wildman–Crippen MR) is 61.7 cm³/mol.